The van der Waals surface area contributed by atoms with Gasteiger partial charge in [-0.2, -0.15) is 0 Å². The second-order valence-electron chi connectivity index (χ2n) is 5.94. The van der Waals surface area contributed by atoms with E-state index >= 15 is 0 Å². The molecule has 0 unspecified atom stereocenters. The molecule has 0 aliphatic heterocycles. The molecular weight excluding hydrogens is 334 g/mol. The molecule has 0 aromatic heterocycles. The van der Waals surface area contributed by atoms with Crippen LogP contribution in [-0.4, -0.2) is 46.0 Å². The minimum absolute atomic E-state index is 0.0915. The fraction of sp³-hybridized carbons (Fsp3) is 0.316. The molecule has 0 spiro atoms. The number of anilines is 2. The number of hydrogen-bond donors (Lipinski definition) is 3. The molecule has 0 aliphatic rings. The second kappa shape index (κ2) is 8.96. The van der Waals surface area contributed by atoms with Crippen LogP contribution in [0.3, 0.4) is 0 Å². The molecule has 2 aromatic carbocycles. The number of ether oxygens (including phenoxy) is 2. The van der Waals surface area contributed by atoms with E-state index in [-0.39, 0.29) is 6.54 Å². The minimum Gasteiger partial charge on any atom is -0.497 e. The first kappa shape index (κ1) is 19.4. The number of hydrogen-bond acceptors (Lipinski definition) is 5. The van der Waals surface area contributed by atoms with Gasteiger partial charge in [-0.05, 0) is 17.7 Å². The first-order valence-corrected chi connectivity index (χ1v) is 8.16. The third-order valence-electron chi connectivity index (χ3n) is 3.86. The van der Waals surface area contributed by atoms with Crippen LogP contribution in [0.1, 0.15) is 11.7 Å². The van der Waals surface area contributed by atoms with Crippen molar-refractivity contribution in [2.24, 2.45) is 0 Å². The van der Waals surface area contributed by atoms with Crippen molar-refractivity contribution >= 4 is 17.4 Å². The molecule has 7 nitrogen and oxygen atoms in total. The lowest BCUT2D eigenvalue weighted by Gasteiger charge is -2.16. The number of amides is 2. The monoisotopic (exact) mass is 359 g/mol. The van der Waals surface area contributed by atoms with Gasteiger partial charge < -0.3 is 30.1 Å². The maximum absolute atomic E-state index is 12.1. The Morgan fingerprint density at radius 1 is 1.08 bits per heavy atom. The molecule has 0 saturated heterocycles. The van der Waals surface area contributed by atoms with Crippen LogP contribution in [0.2, 0.25) is 0 Å². The van der Waals surface area contributed by atoms with Crippen molar-refractivity contribution in [2.75, 3.05) is 45.1 Å². The number of aliphatic hydroxyl groups is 1. The number of rotatable bonds is 7. The summed E-state index contributed by atoms with van der Waals surface area (Å²) in [5.41, 5.74) is 2.31. The van der Waals surface area contributed by atoms with Gasteiger partial charge in [-0.3, -0.25) is 0 Å². The normalized spacial score (nSPS) is 11.4. The smallest absolute Gasteiger partial charge is 0.319 e. The molecule has 26 heavy (non-hydrogen) atoms. The highest BCUT2D eigenvalue weighted by atomic mass is 16.5. The molecule has 0 fully saturated rings. The van der Waals surface area contributed by atoms with Gasteiger partial charge in [0.25, 0.3) is 0 Å². The van der Waals surface area contributed by atoms with E-state index in [1.165, 1.54) is 14.2 Å². The molecule has 3 N–H and O–H groups in total. The number of carbonyl (C=O) groups excluding carboxylic acids is 1. The van der Waals surface area contributed by atoms with E-state index in [4.69, 9.17) is 9.47 Å². The van der Waals surface area contributed by atoms with Crippen molar-refractivity contribution in [3.05, 3.63) is 48.0 Å². The molecule has 2 amide bonds. The van der Waals surface area contributed by atoms with Gasteiger partial charge in [0.2, 0.25) is 0 Å². The highest BCUT2D eigenvalue weighted by molar-refractivity contribution is 5.89. The van der Waals surface area contributed by atoms with Crippen LogP contribution in [0.25, 0.3) is 0 Å². The van der Waals surface area contributed by atoms with Crippen molar-refractivity contribution in [1.82, 2.24) is 5.32 Å². The average Bonchev–Trinajstić information content (AvgIpc) is 2.65. The third-order valence-corrected chi connectivity index (χ3v) is 3.86. The van der Waals surface area contributed by atoms with E-state index in [1.807, 2.05) is 43.3 Å². The fourth-order valence-electron chi connectivity index (χ4n) is 2.36. The maximum atomic E-state index is 12.1. The number of carbonyl (C=O) groups is 1. The van der Waals surface area contributed by atoms with Gasteiger partial charge in [0.15, 0.2) is 0 Å². The van der Waals surface area contributed by atoms with Crippen molar-refractivity contribution in [3.63, 3.8) is 0 Å². The van der Waals surface area contributed by atoms with E-state index in [1.54, 1.807) is 18.2 Å². The zero-order valence-electron chi connectivity index (χ0n) is 15.4. The Kier molecular flexibility index (Phi) is 6.68. The predicted octanol–water partition coefficient (Wildman–Crippen LogP) is 2.62. The van der Waals surface area contributed by atoms with E-state index < -0.39 is 12.1 Å². The highest BCUT2D eigenvalue weighted by Gasteiger charge is 2.11. The van der Waals surface area contributed by atoms with E-state index in [0.29, 0.717) is 17.2 Å². The number of nitrogens with zero attached hydrogens (tertiary/aromatic N) is 1. The van der Waals surface area contributed by atoms with Crippen LogP contribution < -0.4 is 25.0 Å². The molecule has 0 aliphatic carbocycles. The standard InChI is InChI=1S/C19H25N3O4/c1-22(2)15-7-5-13(6-8-15)18(23)12-20-19(24)21-14-9-16(25-3)11-17(10-14)26-4/h5-11,18,23H,12H2,1-4H3,(H2,20,21,24)/t18-/m1/s1. The summed E-state index contributed by atoms with van der Waals surface area (Å²) < 4.78 is 10.3. The van der Waals surface area contributed by atoms with Gasteiger partial charge in [0, 0.05) is 50.2 Å². The number of aliphatic hydroxyl groups excluding tert-OH is 1. The van der Waals surface area contributed by atoms with Crippen LogP contribution >= 0.6 is 0 Å². The fourth-order valence-corrected chi connectivity index (χ4v) is 2.36. The molecule has 140 valence electrons. The van der Waals surface area contributed by atoms with Crippen LogP contribution in [-0.2, 0) is 0 Å². The van der Waals surface area contributed by atoms with Gasteiger partial charge in [-0.25, -0.2) is 4.79 Å². The lowest BCUT2D eigenvalue weighted by atomic mass is 10.1. The van der Waals surface area contributed by atoms with Crippen LogP contribution in [0.15, 0.2) is 42.5 Å². The van der Waals surface area contributed by atoms with Gasteiger partial charge in [-0.15, -0.1) is 0 Å². The van der Waals surface area contributed by atoms with Crippen LogP contribution in [0, 0.1) is 0 Å². The van der Waals surface area contributed by atoms with Gasteiger partial charge in [0.05, 0.1) is 20.3 Å². The molecule has 0 saturated carbocycles. The second-order valence-corrected chi connectivity index (χ2v) is 5.94. The maximum Gasteiger partial charge on any atom is 0.319 e. The highest BCUT2D eigenvalue weighted by Crippen LogP contribution is 2.25. The van der Waals surface area contributed by atoms with E-state index in [0.717, 1.165) is 11.3 Å². The van der Waals surface area contributed by atoms with Crippen molar-refractivity contribution < 1.29 is 19.4 Å². The number of urea groups is 1. The number of nitrogens with one attached hydrogen (secondary N) is 2. The molecule has 0 radical (unpaired) electrons. The van der Waals surface area contributed by atoms with Crippen LogP contribution in [0.4, 0.5) is 16.2 Å². The van der Waals surface area contributed by atoms with Crippen molar-refractivity contribution in [1.29, 1.82) is 0 Å². The summed E-state index contributed by atoms with van der Waals surface area (Å²) in [6.45, 7) is 0.0915. The molecular formula is C19H25N3O4. The Balaban J connectivity index is 1.91. The molecule has 2 rings (SSSR count). The largest absolute Gasteiger partial charge is 0.497 e. The number of methoxy groups -OCH3 is 2. The summed E-state index contributed by atoms with van der Waals surface area (Å²) in [6.07, 6.45) is -0.795. The zero-order valence-corrected chi connectivity index (χ0v) is 15.4. The Labute approximate surface area is 153 Å². The van der Waals surface area contributed by atoms with Gasteiger partial charge in [0.1, 0.15) is 11.5 Å². The predicted molar refractivity (Wildman–Crippen MR) is 102 cm³/mol. The quantitative estimate of drug-likeness (QED) is 0.708. The summed E-state index contributed by atoms with van der Waals surface area (Å²) in [4.78, 5) is 14.0. The first-order valence-electron chi connectivity index (χ1n) is 8.16. The van der Waals surface area contributed by atoms with Crippen LogP contribution in [0.5, 0.6) is 11.5 Å². The summed E-state index contributed by atoms with van der Waals surface area (Å²) in [5.74, 6) is 1.14. The third kappa shape index (κ3) is 5.29. The van der Waals surface area contributed by atoms with E-state index in [9.17, 15) is 9.90 Å². The lowest BCUT2D eigenvalue weighted by molar-refractivity contribution is 0.175. The Bertz CT molecular complexity index is 710. The summed E-state index contributed by atoms with van der Waals surface area (Å²) in [6, 6.07) is 12.2. The minimum atomic E-state index is -0.795. The molecule has 7 heteroatoms. The average molecular weight is 359 g/mol. The molecule has 0 heterocycles. The summed E-state index contributed by atoms with van der Waals surface area (Å²) in [5, 5.41) is 15.6. The van der Waals surface area contributed by atoms with Crippen molar-refractivity contribution in [3.8, 4) is 11.5 Å². The lowest BCUT2D eigenvalue weighted by Crippen LogP contribution is -2.32. The van der Waals surface area contributed by atoms with E-state index in [2.05, 4.69) is 10.6 Å². The Morgan fingerprint density at radius 3 is 2.15 bits per heavy atom. The topological polar surface area (TPSA) is 83.1 Å². The van der Waals surface area contributed by atoms with Gasteiger partial charge >= 0.3 is 6.03 Å². The molecule has 2 aromatic rings. The van der Waals surface area contributed by atoms with Crippen molar-refractivity contribution in [2.45, 2.75) is 6.10 Å². The molecule has 1 atom stereocenters. The zero-order chi connectivity index (χ0) is 19.1. The first-order chi connectivity index (χ1) is 12.4. The van der Waals surface area contributed by atoms with Gasteiger partial charge in [-0.1, -0.05) is 12.1 Å². The summed E-state index contributed by atoms with van der Waals surface area (Å²) >= 11 is 0. The summed E-state index contributed by atoms with van der Waals surface area (Å²) in [7, 11) is 6.98. The Morgan fingerprint density at radius 2 is 1.65 bits per heavy atom. The Hall–Kier alpha value is -2.93. The molecule has 0 bridgehead atoms. The number of benzene rings is 2. The SMILES string of the molecule is COc1cc(NC(=O)NC[C@@H](O)c2ccc(N(C)C)cc2)cc(OC)c1.